The average Bonchev–Trinajstić information content (AvgIpc) is 2.49. The quantitative estimate of drug-likeness (QED) is 0.513. The largest absolute Gasteiger partial charge is 0.499 e. The zero-order valence-electron chi connectivity index (χ0n) is 11.4. The zero-order valence-corrected chi connectivity index (χ0v) is 11.4. The summed E-state index contributed by atoms with van der Waals surface area (Å²) in [6.45, 7) is 3.27. The van der Waals surface area contributed by atoms with Crippen LogP contribution in [-0.4, -0.2) is 28.3 Å². The van der Waals surface area contributed by atoms with Crippen LogP contribution in [0, 0.1) is 10.1 Å². The molecule has 1 N–H and O–H groups in total. The van der Waals surface area contributed by atoms with Crippen LogP contribution in [-0.2, 0) is 4.74 Å². The number of hydrogen-bond acceptors (Lipinski definition) is 5. The maximum Gasteiger partial charge on any atom is 0.277 e. The maximum absolute atomic E-state index is 12.5. The lowest BCUT2D eigenvalue weighted by Crippen LogP contribution is -2.28. The van der Waals surface area contributed by atoms with E-state index in [0.29, 0.717) is 0 Å². The summed E-state index contributed by atoms with van der Waals surface area (Å²) >= 11 is 0. The molecule has 110 valence electrons. The van der Waals surface area contributed by atoms with E-state index in [-0.39, 0.29) is 28.8 Å². The zero-order chi connectivity index (χ0) is 15.6. The van der Waals surface area contributed by atoms with Gasteiger partial charge in [0.25, 0.3) is 11.2 Å². The number of nitrogens with zero attached hydrogens (tertiary/aromatic N) is 2. The van der Waals surface area contributed by atoms with Crippen LogP contribution in [0.2, 0.25) is 0 Å². The summed E-state index contributed by atoms with van der Waals surface area (Å²) in [4.78, 5) is 22.9. The molecule has 0 saturated heterocycles. The standard InChI is InChI=1S/C14H14N2O5/c1-9(21-2)13(8-17)15-7-6-10-11(14(15)18)4-3-5-12(10)16(19)20/h3-7,13,17H,1,8H2,2H3. The highest BCUT2D eigenvalue weighted by molar-refractivity contribution is 5.89. The number of benzene rings is 1. The second-order valence-corrected chi connectivity index (χ2v) is 4.39. The molecule has 1 atom stereocenters. The third-order valence-corrected chi connectivity index (χ3v) is 3.29. The summed E-state index contributed by atoms with van der Waals surface area (Å²) in [5.74, 6) is 0.226. The molecule has 1 unspecified atom stereocenters. The van der Waals surface area contributed by atoms with E-state index in [2.05, 4.69) is 6.58 Å². The third-order valence-electron chi connectivity index (χ3n) is 3.29. The van der Waals surface area contributed by atoms with E-state index in [1.807, 2.05) is 0 Å². The number of non-ortho nitro benzene ring substituents is 1. The van der Waals surface area contributed by atoms with E-state index in [4.69, 9.17) is 4.74 Å². The maximum atomic E-state index is 12.5. The molecule has 7 heteroatoms. The Balaban J connectivity index is 2.71. The molecule has 21 heavy (non-hydrogen) atoms. The van der Waals surface area contributed by atoms with Crippen LogP contribution in [0.5, 0.6) is 0 Å². The molecule has 2 aromatic rings. The number of methoxy groups -OCH3 is 1. The van der Waals surface area contributed by atoms with Gasteiger partial charge in [-0.1, -0.05) is 12.6 Å². The number of hydrogen-bond donors (Lipinski definition) is 1. The molecule has 1 heterocycles. The van der Waals surface area contributed by atoms with Crippen LogP contribution in [0.4, 0.5) is 5.69 Å². The molecule has 0 bridgehead atoms. The summed E-state index contributed by atoms with van der Waals surface area (Å²) < 4.78 is 6.21. The van der Waals surface area contributed by atoms with Gasteiger partial charge in [0.1, 0.15) is 11.8 Å². The van der Waals surface area contributed by atoms with Crippen LogP contribution in [0.1, 0.15) is 6.04 Å². The summed E-state index contributed by atoms with van der Waals surface area (Å²) in [5, 5.41) is 20.8. The summed E-state index contributed by atoms with van der Waals surface area (Å²) in [7, 11) is 1.39. The van der Waals surface area contributed by atoms with Crippen molar-refractivity contribution in [1.82, 2.24) is 4.57 Å². The Bertz CT molecular complexity index is 766. The van der Waals surface area contributed by atoms with Crippen molar-refractivity contribution in [3.8, 4) is 0 Å². The van der Waals surface area contributed by atoms with Gasteiger partial charge < -0.3 is 14.4 Å². The predicted molar refractivity (Wildman–Crippen MR) is 77.1 cm³/mol. The van der Waals surface area contributed by atoms with Gasteiger partial charge in [-0.05, 0) is 12.1 Å². The molecule has 1 aromatic heterocycles. The number of aliphatic hydroxyl groups excluding tert-OH is 1. The molecule has 0 aliphatic carbocycles. The third kappa shape index (κ3) is 2.50. The Morgan fingerprint density at radius 1 is 1.48 bits per heavy atom. The van der Waals surface area contributed by atoms with Gasteiger partial charge in [-0.25, -0.2) is 0 Å². The molecule has 2 rings (SSSR count). The molecule has 0 aliphatic rings. The Labute approximate surface area is 119 Å². The summed E-state index contributed by atoms with van der Waals surface area (Å²) in [6.07, 6.45) is 1.39. The SMILES string of the molecule is C=C(OC)C(CO)n1ccc2c([N+](=O)[O-])cccc2c1=O. The van der Waals surface area contributed by atoms with E-state index in [0.717, 1.165) is 0 Å². The van der Waals surface area contributed by atoms with E-state index >= 15 is 0 Å². The van der Waals surface area contributed by atoms with Gasteiger partial charge in [0.2, 0.25) is 0 Å². The summed E-state index contributed by atoms with van der Waals surface area (Å²) in [5.41, 5.74) is -0.587. The first-order valence-corrected chi connectivity index (χ1v) is 6.13. The number of rotatable bonds is 5. The van der Waals surface area contributed by atoms with E-state index in [1.54, 1.807) is 0 Å². The predicted octanol–water partition coefficient (Wildman–Crippen LogP) is 1.60. The van der Waals surface area contributed by atoms with Crippen molar-refractivity contribution in [2.24, 2.45) is 0 Å². The number of pyridine rings is 1. The Morgan fingerprint density at radius 2 is 2.19 bits per heavy atom. The lowest BCUT2D eigenvalue weighted by Gasteiger charge is -2.19. The van der Waals surface area contributed by atoms with Crippen LogP contribution in [0.3, 0.4) is 0 Å². The highest BCUT2D eigenvalue weighted by atomic mass is 16.6. The first-order valence-electron chi connectivity index (χ1n) is 6.13. The molecule has 0 fully saturated rings. The van der Waals surface area contributed by atoms with Crippen LogP contribution >= 0.6 is 0 Å². The Kier molecular flexibility index (Phi) is 4.04. The molecular formula is C14H14N2O5. The number of ether oxygens (including phenoxy) is 1. The fraction of sp³-hybridized carbons (Fsp3) is 0.214. The molecule has 0 amide bonds. The van der Waals surface area contributed by atoms with Gasteiger partial charge in [0.05, 0.1) is 29.4 Å². The van der Waals surface area contributed by atoms with Gasteiger partial charge in [0.15, 0.2) is 0 Å². The number of aliphatic hydroxyl groups is 1. The lowest BCUT2D eigenvalue weighted by atomic mass is 10.1. The molecule has 1 aromatic carbocycles. The van der Waals surface area contributed by atoms with Crippen molar-refractivity contribution in [2.75, 3.05) is 13.7 Å². The van der Waals surface area contributed by atoms with Crippen molar-refractivity contribution in [1.29, 1.82) is 0 Å². The fourth-order valence-electron chi connectivity index (χ4n) is 2.16. The van der Waals surface area contributed by atoms with E-state index in [9.17, 15) is 20.0 Å². The molecular weight excluding hydrogens is 276 g/mol. The lowest BCUT2D eigenvalue weighted by molar-refractivity contribution is -0.383. The first kappa shape index (κ1) is 14.7. The van der Waals surface area contributed by atoms with Crippen molar-refractivity contribution in [3.63, 3.8) is 0 Å². The van der Waals surface area contributed by atoms with E-state index < -0.39 is 16.5 Å². The number of nitro benzene ring substituents is 1. The average molecular weight is 290 g/mol. The van der Waals surface area contributed by atoms with Crippen LogP contribution < -0.4 is 5.56 Å². The minimum atomic E-state index is -0.744. The van der Waals surface area contributed by atoms with Gasteiger partial charge in [-0.3, -0.25) is 14.9 Å². The van der Waals surface area contributed by atoms with Crippen LogP contribution in [0.25, 0.3) is 10.8 Å². The van der Waals surface area contributed by atoms with Gasteiger partial charge in [0, 0.05) is 12.3 Å². The molecule has 0 radical (unpaired) electrons. The van der Waals surface area contributed by atoms with E-state index in [1.165, 1.54) is 42.1 Å². The minimum Gasteiger partial charge on any atom is -0.499 e. The number of nitro groups is 1. The molecule has 0 aliphatic heterocycles. The topological polar surface area (TPSA) is 94.6 Å². The Hall–Kier alpha value is -2.67. The van der Waals surface area contributed by atoms with Gasteiger partial charge in [-0.2, -0.15) is 0 Å². The van der Waals surface area contributed by atoms with Crippen molar-refractivity contribution in [3.05, 3.63) is 63.3 Å². The second-order valence-electron chi connectivity index (χ2n) is 4.39. The second kappa shape index (κ2) is 5.76. The highest BCUT2D eigenvalue weighted by Gasteiger charge is 2.19. The number of aromatic nitrogens is 1. The molecule has 7 nitrogen and oxygen atoms in total. The minimum absolute atomic E-state index is 0.136. The summed E-state index contributed by atoms with van der Waals surface area (Å²) in [6, 6.07) is 5.02. The Morgan fingerprint density at radius 3 is 2.76 bits per heavy atom. The van der Waals surface area contributed by atoms with Gasteiger partial charge >= 0.3 is 0 Å². The number of fused-ring (bicyclic) bond motifs is 1. The molecule has 0 spiro atoms. The first-order chi connectivity index (χ1) is 10.0. The smallest absolute Gasteiger partial charge is 0.277 e. The van der Waals surface area contributed by atoms with Crippen molar-refractivity contribution >= 4 is 16.5 Å². The van der Waals surface area contributed by atoms with Crippen molar-refractivity contribution in [2.45, 2.75) is 6.04 Å². The molecule has 0 saturated carbocycles. The van der Waals surface area contributed by atoms with Gasteiger partial charge in [-0.15, -0.1) is 0 Å². The normalized spacial score (nSPS) is 12.1. The van der Waals surface area contributed by atoms with Crippen LogP contribution in [0.15, 0.2) is 47.6 Å². The highest BCUT2D eigenvalue weighted by Crippen LogP contribution is 2.24. The monoisotopic (exact) mass is 290 g/mol. The fourth-order valence-corrected chi connectivity index (χ4v) is 2.16. The van der Waals surface area contributed by atoms with Crippen molar-refractivity contribution < 1.29 is 14.8 Å².